The van der Waals surface area contributed by atoms with Gasteiger partial charge >= 0.3 is 0 Å². The molecule has 1 atom stereocenters. The molecular formula is C11H7Br2ClFNS. The number of halogens is 4. The maximum Gasteiger partial charge on any atom is 0.142 e. The van der Waals surface area contributed by atoms with E-state index >= 15 is 0 Å². The molecule has 0 amide bonds. The van der Waals surface area contributed by atoms with E-state index in [1.165, 1.54) is 11.3 Å². The van der Waals surface area contributed by atoms with Crippen molar-refractivity contribution in [2.45, 2.75) is 6.04 Å². The summed E-state index contributed by atoms with van der Waals surface area (Å²) in [6, 6.07) is 6.38. The number of rotatable bonds is 2. The lowest BCUT2D eigenvalue weighted by Gasteiger charge is -2.11. The quantitative estimate of drug-likeness (QED) is 0.746. The Morgan fingerprint density at radius 2 is 2.00 bits per heavy atom. The van der Waals surface area contributed by atoms with E-state index in [0.29, 0.717) is 14.4 Å². The maximum atomic E-state index is 13.9. The zero-order chi connectivity index (χ0) is 12.6. The van der Waals surface area contributed by atoms with Crippen LogP contribution in [0.25, 0.3) is 0 Å². The van der Waals surface area contributed by atoms with E-state index < -0.39 is 6.04 Å². The summed E-state index contributed by atoms with van der Waals surface area (Å²) in [6.45, 7) is 0. The van der Waals surface area contributed by atoms with Crippen molar-refractivity contribution in [2.75, 3.05) is 0 Å². The lowest BCUT2D eigenvalue weighted by Crippen LogP contribution is -2.12. The lowest BCUT2D eigenvalue weighted by atomic mass is 10.1. The van der Waals surface area contributed by atoms with E-state index in [-0.39, 0.29) is 5.82 Å². The molecule has 6 heteroatoms. The third-order valence-electron chi connectivity index (χ3n) is 2.29. The lowest BCUT2D eigenvalue weighted by molar-refractivity contribution is 0.594. The fourth-order valence-electron chi connectivity index (χ4n) is 1.43. The van der Waals surface area contributed by atoms with Crippen LogP contribution in [0.15, 0.2) is 33.2 Å². The van der Waals surface area contributed by atoms with Crippen molar-refractivity contribution in [1.82, 2.24) is 0 Å². The summed E-state index contributed by atoms with van der Waals surface area (Å²) >= 11 is 13.7. The smallest absolute Gasteiger partial charge is 0.142 e. The standard InChI is InChI=1S/C11H7Br2ClFNS/c12-6-3-1-2-5(9(6)15)10(16)8-4-7(13)11(14)17-8/h1-4,10H,16H2. The second-order valence-electron chi connectivity index (χ2n) is 3.39. The van der Waals surface area contributed by atoms with Crippen LogP contribution >= 0.6 is 54.8 Å². The molecule has 1 aromatic heterocycles. The fraction of sp³-hybridized carbons (Fsp3) is 0.0909. The molecule has 1 unspecified atom stereocenters. The Bertz CT molecular complexity index is 539. The normalized spacial score (nSPS) is 12.8. The van der Waals surface area contributed by atoms with Crippen molar-refractivity contribution < 1.29 is 4.39 Å². The van der Waals surface area contributed by atoms with Gasteiger partial charge in [0.15, 0.2) is 0 Å². The Labute approximate surface area is 124 Å². The van der Waals surface area contributed by atoms with Crippen LogP contribution in [0, 0.1) is 5.82 Å². The number of hydrogen-bond donors (Lipinski definition) is 1. The summed E-state index contributed by atoms with van der Waals surface area (Å²) in [7, 11) is 0. The minimum absolute atomic E-state index is 0.333. The van der Waals surface area contributed by atoms with E-state index in [1.54, 1.807) is 18.2 Å². The van der Waals surface area contributed by atoms with Crippen LogP contribution in [0.2, 0.25) is 4.34 Å². The number of thiophene rings is 1. The molecule has 0 bridgehead atoms. The van der Waals surface area contributed by atoms with Gasteiger partial charge < -0.3 is 5.73 Å². The van der Waals surface area contributed by atoms with Gasteiger partial charge in [0.2, 0.25) is 0 Å². The van der Waals surface area contributed by atoms with Crippen molar-refractivity contribution in [3.05, 3.63) is 53.8 Å². The third-order valence-corrected chi connectivity index (χ3v) is 5.46. The Morgan fingerprint density at radius 3 is 2.59 bits per heavy atom. The molecule has 0 aliphatic carbocycles. The van der Waals surface area contributed by atoms with Crippen LogP contribution in [0.5, 0.6) is 0 Å². The van der Waals surface area contributed by atoms with Gasteiger partial charge in [-0.25, -0.2) is 4.39 Å². The summed E-state index contributed by atoms with van der Waals surface area (Å²) in [5, 5.41) is 0. The van der Waals surface area contributed by atoms with E-state index in [2.05, 4.69) is 31.9 Å². The monoisotopic (exact) mass is 397 g/mol. The third kappa shape index (κ3) is 2.74. The van der Waals surface area contributed by atoms with Crippen molar-refractivity contribution in [3.8, 4) is 0 Å². The Hall–Kier alpha value is 0.0600. The van der Waals surface area contributed by atoms with Gasteiger partial charge in [-0.1, -0.05) is 23.7 Å². The first-order chi connectivity index (χ1) is 8.00. The van der Waals surface area contributed by atoms with Crippen molar-refractivity contribution in [1.29, 1.82) is 0 Å². The highest BCUT2D eigenvalue weighted by Crippen LogP contribution is 2.37. The first-order valence-corrected chi connectivity index (χ1v) is 7.43. The predicted molar refractivity (Wildman–Crippen MR) is 77.2 cm³/mol. The van der Waals surface area contributed by atoms with Crippen LogP contribution in [-0.4, -0.2) is 0 Å². The van der Waals surface area contributed by atoms with Crippen LogP contribution in [0.3, 0.4) is 0 Å². The van der Waals surface area contributed by atoms with Crippen LogP contribution in [-0.2, 0) is 0 Å². The zero-order valence-electron chi connectivity index (χ0n) is 8.38. The fourth-order valence-corrected chi connectivity index (χ4v) is 3.57. The molecule has 0 fully saturated rings. The van der Waals surface area contributed by atoms with Gasteiger partial charge in [0.25, 0.3) is 0 Å². The van der Waals surface area contributed by atoms with Crippen LogP contribution < -0.4 is 5.73 Å². The first-order valence-electron chi connectivity index (χ1n) is 4.65. The van der Waals surface area contributed by atoms with Crippen molar-refractivity contribution >= 4 is 54.8 Å². The number of benzene rings is 1. The summed E-state index contributed by atoms with van der Waals surface area (Å²) in [6.07, 6.45) is 0. The Morgan fingerprint density at radius 1 is 1.29 bits per heavy atom. The molecule has 17 heavy (non-hydrogen) atoms. The highest BCUT2D eigenvalue weighted by Gasteiger charge is 2.18. The zero-order valence-corrected chi connectivity index (χ0v) is 13.1. The molecule has 1 nitrogen and oxygen atoms in total. The van der Waals surface area contributed by atoms with Crippen molar-refractivity contribution in [3.63, 3.8) is 0 Å². The second-order valence-corrected chi connectivity index (χ2v) is 6.79. The second kappa shape index (κ2) is 5.36. The van der Waals surface area contributed by atoms with E-state index in [0.717, 1.165) is 9.35 Å². The molecule has 0 aliphatic rings. The molecule has 1 heterocycles. The summed E-state index contributed by atoms with van der Waals surface area (Å²) in [5.74, 6) is -0.333. The molecule has 0 aliphatic heterocycles. The summed E-state index contributed by atoms with van der Waals surface area (Å²) in [4.78, 5) is 0.818. The largest absolute Gasteiger partial charge is 0.320 e. The number of nitrogens with two attached hydrogens (primary N) is 1. The predicted octanol–water partition coefficient (Wildman–Crippen LogP) is 5.11. The maximum absolute atomic E-state index is 13.9. The first kappa shape index (κ1) is 13.5. The molecular weight excluding hydrogens is 392 g/mol. The highest BCUT2D eigenvalue weighted by atomic mass is 79.9. The minimum atomic E-state index is -0.513. The number of hydrogen-bond acceptors (Lipinski definition) is 2. The van der Waals surface area contributed by atoms with Gasteiger partial charge in [-0.2, -0.15) is 0 Å². The topological polar surface area (TPSA) is 26.0 Å². The molecule has 2 rings (SSSR count). The molecule has 2 aromatic rings. The van der Waals surface area contributed by atoms with Crippen LogP contribution in [0.1, 0.15) is 16.5 Å². The van der Waals surface area contributed by atoms with Gasteiger partial charge in [-0.05, 0) is 44.0 Å². The molecule has 0 saturated carbocycles. The van der Waals surface area contributed by atoms with Crippen LogP contribution in [0.4, 0.5) is 4.39 Å². The molecule has 0 radical (unpaired) electrons. The molecule has 2 N–H and O–H groups in total. The van der Waals surface area contributed by atoms with Gasteiger partial charge in [-0.15, -0.1) is 11.3 Å². The van der Waals surface area contributed by atoms with Crippen molar-refractivity contribution in [2.24, 2.45) is 5.73 Å². The Kier molecular flexibility index (Phi) is 4.26. The van der Waals surface area contributed by atoms with Gasteiger partial charge in [0, 0.05) is 14.9 Å². The van der Waals surface area contributed by atoms with Gasteiger partial charge in [0.1, 0.15) is 10.2 Å². The highest BCUT2D eigenvalue weighted by molar-refractivity contribution is 9.10. The van der Waals surface area contributed by atoms with E-state index in [9.17, 15) is 4.39 Å². The molecule has 1 aromatic carbocycles. The SMILES string of the molecule is NC(c1cc(Br)c(Cl)s1)c1cccc(Br)c1F. The average Bonchev–Trinajstić information content (AvgIpc) is 2.62. The average molecular weight is 400 g/mol. The van der Waals surface area contributed by atoms with Gasteiger partial charge in [-0.3, -0.25) is 0 Å². The van der Waals surface area contributed by atoms with E-state index in [1.807, 2.05) is 6.07 Å². The van der Waals surface area contributed by atoms with E-state index in [4.69, 9.17) is 17.3 Å². The molecule has 0 spiro atoms. The molecule has 0 saturated heterocycles. The Balaban J connectivity index is 2.43. The molecule has 90 valence electrons. The van der Waals surface area contributed by atoms with Gasteiger partial charge in [0.05, 0.1) is 10.5 Å². The summed E-state index contributed by atoms with van der Waals surface area (Å²) < 4.78 is 15.7. The minimum Gasteiger partial charge on any atom is -0.320 e. The summed E-state index contributed by atoms with van der Waals surface area (Å²) in [5.41, 5.74) is 6.49.